The third-order valence-corrected chi connectivity index (χ3v) is 5.90. The van der Waals surface area contributed by atoms with E-state index >= 15 is 0 Å². The summed E-state index contributed by atoms with van der Waals surface area (Å²) in [6.07, 6.45) is 2.58. The summed E-state index contributed by atoms with van der Waals surface area (Å²) in [7, 11) is -2.86. The average Bonchev–Trinajstić information content (AvgIpc) is 2.60. The van der Waals surface area contributed by atoms with Crippen LogP contribution in [0.5, 0.6) is 0 Å². The Morgan fingerprint density at radius 1 is 1.29 bits per heavy atom. The van der Waals surface area contributed by atoms with Crippen LogP contribution in [0, 0.1) is 6.92 Å². The number of hydrogen-bond donors (Lipinski definition) is 1. The molecule has 1 aliphatic rings. The van der Waals surface area contributed by atoms with Gasteiger partial charge >= 0.3 is 0 Å². The molecule has 1 fully saturated rings. The maximum atomic E-state index is 11.7. The summed E-state index contributed by atoms with van der Waals surface area (Å²) >= 11 is 0. The van der Waals surface area contributed by atoms with Gasteiger partial charge in [-0.25, -0.2) is 8.42 Å². The number of rotatable bonds is 4. The molecule has 1 aromatic rings. The van der Waals surface area contributed by atoms with Crippen LogP contribution in [0.15, 0.2) is 18.2 Å². The van der Waals surface area contributed by atoms with Gasteiger partial charge in [0.2, 0.25) is 0 Å². The Balaban J connectivity index is 2.13. The number of hydrogen-bond acceptors (Lipinski definition) is 4. The predicted molar refractivity (Wildman–Crippen MR) is 88.6 cm³/mol. The van der Waals surface area contributed by atoms with Gasteiger partial charge in [0.15, 0.2) is 9.84 Å². The van der Waals surface area contributed by atoms with E-state index in [0.717, 1.165) is 25.1 Å². The molecule has 0 radical (unpaired) electrons. The van der Waals surface area contributed by atoms with Gasteiger partial charge in [0, 0.05) is 24.8 Å². The van der Waals surface area contributed by atoms with Crippen molar-refractivity contribution in [1.29, 1.82) is 0 Å². The van der Waals surface area contributed by atoms with E-state index in [1.54, 1.807) is 0 Å². The lowest BCUT2D eigenvalue weighted by molar-refractivity contribution is 0.597. The minimum absolute atomic E-state index is 0.207. The van der Waals surface area contributed by atoms with Crippen molar-refractivity contribution >= 4 is 15.5 Å². The minimum Gasteiger partial charge on any atom is -0.370 e. The first-order valence-corrected chi connectivity index (χ1v) is 9.54. The molecule has 5 heteroatoms. The second-order valence-electron chi connectivity index (χ2n) is 5.99. The van der Waals surface area contributed by atoms with E-state index in [9.17, 15) is 8.42 Å². The van der Waals surface area contributed by atoms with Gasteiger partial charge in [0.25, 0.3) is 0 Å². The lowest BCUT2D eigenvalue weighted by atomic mass is 10.0. The average molecular weight is 310 g/mol. The van der Waals surface area contributed by atoms with E-state index in [4.69, 9.17) is 5.73 Å². The number of benzene rings is 1. The molecule has 1 atom stereocenters. The van der Waals surface area contributed by atoms with E-state index in [-0.39, 0.29) is 11.8 Å². The molecule has 0 bridgehead atoms. The van der Waals surface area contributed by atoms with Crippen molar-refractivity contribution < 1.29 is 8.42 Å². The molecule has 0 amide bonds. The third kappa shape index (κ3) is 4.45. The van der Waals surface area contributed by atoms with Gasteiger partial charge in [-0.15, -0.1) is 0 Å². The molecule has 21 heavy (non-hydrogen) atoms. The molecular weight excluding hydrogens is 284 g/mol. The third-order valence-electron chi connectivity index (χ3n) is 4.18. The number of nitrogens with two attached hydrogens (primary N) is 1. The Labute approximate surface area is 128 Å². The topological polar surface area (TPSA) is 63.4 Å². The molecule has 2 rings (SSSR count). The largest absolute Gasteiger partial charge is 0.370 e. The monoisotopic (exact) mass is 310 g/mol. The van der Waals surface area contributed by atoms with Crippen LogP contribution in [0.25, 0.3) is 0 Å². The summed E-state index contributed by atoms with van der Waals surface area (Å²) in [4.78, 5) is 2.20. The zero-order chi connectivity index (χ0) is 15.5. The van der Waals surface area contributed by atoms with Crippen molar-refractivity contribution in [2.24, 2.45) is 5.73 Å². The molecule has 1 heterocycles. The van der Waals surface area contributed by atoms with E-state index in [1.165, 1.54) is 11.1 Å². The Morgan fingerprint density at radius 3 is 2.71 bits per heavy atom. The molecule has 1 unspecified atom stereocenters. The second kappa shape index (κ2) is 6.79. The van der Waals surface area contributed by atoms with E-state index in [1.807, 2.05) is 0 Å². The summed E-state index contributed by atoms with van der Waals surface area (Å²) in [6.45, 7) is 5.60. The maximum absolute atomic E-state index is 11.7. The highest BCUT2D eigenvalue weighted by Crippen LogP contribution is 2.23. The summed E-state index contributed by atoms with van der Waals surface area (Å²) in [5.74, 6) is 0.570. The second-order valence-corrected chi connectivity index (χ2v) is 8.29. The molecule has 1 aliphatic heterocycles. The fourth-order valence-corrected chi connectivity index (χ4v) is 4.10. The van der Waals surface area contributed by atoms with Crippen molar-refractivity contribution in [2.45, 2.75) is 39.2 Å². The highest BCUT2D eigenvalue weighted by atomic mass is 32.2. The first-order chi connectivity index (χ1) is 9.91. The van der Waals surface area contributed by atoms with Gasteiger partial charge in [-0.2, -0.15) is 0 Å². The zero-order valence-electron chi connectivity index (χ0n) is 13.0. The van der Waals surface area contributed by atoms with Crippen molar-refractivity contribution in [3.05, 3.63) is 29.3 Å². The van der Waals surface area contributed by atoms with Crippen LogP contribution in [0.4, 0.5) is 5.69 Å². The zero-order valence-corrected chi connectivity index (χ0v) is 13.8. The minimum atomic E-state index is -2.86. The number of nitrogens with zero attached hydrogens (tertiary/aromatic N) is 1. The van der Waals surface area contributed by atoms with Gasteiger partial charge in [-0.1, -0.05) is 19.1 Å². The first kappa shape index (κ1) is 16.3. The molecule has 118 valence electrons. The Hall–Kier alpha value is -1.07. The molecule has 0 aromatic heterocycles. The summed E-state index contributed by atoms with van der Waals surface area (Å²) in [5, 5.41) is 0. The van der Waals surface area contributed by atoms with Gasteiger partial charge in [-0.05, 0) is 43.4 Å². The van der Waals surface area contributed by atoms with Crippen LogP contribution >= 0.6 is 0 Å². The molecule has 0 saturated carbocycles. The van der Waals surface area contributed by atoms with Gasteiger partial charge in [0.1, 0.15) is 0 Å². The van der Waals surface area contributed by atoms with Gasteiger partial charge < -0.3 is 10.6 Å². The highest BCUT2D eigenvalue weighted by molar-refractivity contribution is 7.91. The standard InChI is InChI=1S/C16H26N2O2S/c1-3-15(17)12-14-5-6-16(13(2)11-14)18-7-4-9-21(19,20)10-8-18/h5-6,11,15H,3-4,7-10,12,17H2,1-2H3. The summed E-state index contributed by atoms with van der Waals surface area (Å²) in [6, 6.07) is 6.63. The predicted octanol–water partition coefficient (Wildman–Crippen LogP) is 1.90. The van der Waals surface area contributed by atoms with Crippen LogP contribution in [-0.2, 0) is 16.3 Å². The maximum Gasteiger partial charge on any atom is 0.152 e. The van der Waals surface area contributed by atoms with E-state index < -0.39 is 9.84 Å². The SMILES string of the molecule is CCC(N)Cc1ccc(N2CCCS(=O)(=O)CC2)c(C)c1. The molecule has 1 saturated heterocycles. The lowest BCUT2D eigenvalue weighted by Crippen LogP contribution is -2.27. The number of anilines is 1. The van der Waals surface area contributed by atoms with Crippen molar-refractivity contribution in [3.63, 3.8) is 0 Å². The van der Waals surface area contributed by atoms with Crippen molar-refractivity contribution in [1.82, 2.24) is 0 Å². The van der Waals surface area contributed by atoms with Crippen LogP contribution in [0.3, 0.4) is 0 Å². The first-order valence-electron chi connectivity index (χ1n) is 7.72. The summed E-state index contributed by atoms with van der Waals surface area (Å²) in [5.41, 5.74) is 9.62. The number of sulfone groups is 1. The van der Waals surface area contributed by atoms with Crippen LogP contribution in [-0.4, -0.2) is 39.1 Å². The quantitative estimate of drug-likeness (QED) is 0.922. The van der Waals surface area contributed by atoms with Crippen LogP contribution in [0.1, 0.15) is 30.9 Å². The lowest BCUT2D eigenvalue weighted by Gasteiger charge is -2.24. The molecular formula is C16H26N2O2S. The summed E-state index contributed by atoms with van der Waals surface area (Å²) < 4.78 is 23.4. The van der Waals surface area contributed by atoms with Crippen LogP contribution < -0.4 is 10.6 Å². The normalized spacial score (nSPS) is 20.0. The van der Waals surface area contributed by atoms with Crippen molar-refractivity contribution in [2.75, 3.05) is 29.5 Å². The van der Waals surface area contributed by atoms with E-state index in [2.05, 4.69) is 36.9 Å². The Bertz CT molecular complexity index is 584. The van der Waals surface area contributed by atoms with Crippen LogP contribution in [0.2, 0.25) is 0 Å². The number of aryl methyl sites for hydroxylation is 1. The smallest absolute Gasteiger partial charge is 0.152 e. The fourth-order valence-electron chi connectivity index (χ4n) is 2.83. The Morgan fingerprint density at radius 2 is 2.05 bits per heavy atom. The Kier molecular flexibility index (Phi) is 5.27. The molecule has 2 N–H and O–H groups in total. The molecule has 0 aliphatic carbocycles. The van der Waals surface area contributed by atoms with Crippen molar-refractivity contribution in [3.8, 4) is 0 Å². The fraction of sp³-hybridized carbons (Fsp3) is 0.625. The molecule has 1 aromatic carbocycles. The van der Waals surface area contributed by atoms with E-state index in [0.29, 0.717) is 18.7 Å². The molecule has 0 spiro atoms. The van der Waals surface area contributed by atoms with Gasteiger partial charge in [-0.3, -0.25) is 0 Å². The molecule has 4 nitrogen and oxygen atoms in total. The van der Waals surface area contributed by atoms with Gasteiger partial charge in [0.05, 0.1) is 11.5 Å². The highest BCUT2D eigenvalue weighted by Gasteiger charge is 2.20.